The standard InChI is InChI=1S/C46H27N3OS.2C40H22N2OS2/c1-4-19-40-34(14-1)35-15-2-5-20-41(35)49(40)32-13-8-10-28(25-32)29-22-23-38-42(26-29)50-46-44(38)47-27-39(48-46)31-12-7-11-30(24-31)33-17-9-18-37-36-16-3-6-21-43(36)51-45(33)37;1-3-19-34-26(11-1)29-15-6-13-25(38(29)44-34)23-9-5-10-24(21-23)33-22-41-36-32-18-7-14-28(37(32)43-40(36)42-33)31-17-8-16-30-27-12-2-4-20-35(27)45-39(30)31;1-3-16-35-28(10-1)30-14-6-12-26(38(30)44-35)23-8-5-9-25(20-23)33-22-41-37-32-19-18-24(21-34(32)43-40(37)42-33)27-13-7-15-31-29-11-2-4-17-36(29)45-39(27)31/h1-27H;2*1-22H. The minimum absolute atomic E-state index is 0.538. The molecule has 0 aliphatic heterocycles. The average molecular weight is 1890 g/mol. The van der Waals surface area contributed by atoms with Crippen LogP contribution >= 0.6 is 56.7 Å². The number of para-hydroxylation sites is 3. The SMILES string of the molecule is c1cc(-c2cnc3c(n2)oc2c(-c4cccc5c4sc4ccccc45)cccc23)cc(-c2cccc3c2sc2ccccc23)c1.c1cc(-c2cnc3c(n2)oc2cc(-c4cccc(-n5c6ccccc6c6ccccc65)c4)ccc23)cc(-c2cccc3c2sc2ccccc23)c1.c1cc(-c2cnc3c(n2)oc2cc(-c4cccc5c4sc4ccccc45)ccc23)cc(-c2cccc3c2sc2ccccc23)c1. The Morgan fingerprint density at radius 3 is 0.887 bits per heavy atom. The molecule has 0 saturated heterocycles. The number of fused-ring (bicyclic) bond motifs is 27. The van der Waals surface area contributed by atoms with Gasteiger partial charge in [-0.2, -0.15) is 0 Å². The van der Waals surface area contributed by atoms with Gasteiger partial charge in [-0.05, 0) is 159 Å². The normalized spacial score (nSPS) is 12.0. The third-order valence-electron chi connectivity index (χ3n) is 27.6. The van der Waals surface area contributed by atoms with E-state index in [1.54, 1.807) is 0 Å². The summed E-state index contributed by atoms with van der Waals surface area (Å²) in [4.78, 5) is 29.6. The van der Waals surface area contributed by atoms with Crippen molar-refractivity contribution in [2.75, 3.05) is 0 Å². The van der Waals surface area contributed by atoms with E-state index in [1.807, 2.05) is 75.3 Å². The van der Waals surface area contributed by atoms with Gasteiger partial charge in [0, 0.05) is 161 Å². The third-order valence-corrected chi connectivity index (χ3v) is 33.7. The van der Waals surface area contributed by atoms with Gasteiger partial charge in [0.05, 0.1) is 46.7 Å². The number of aromatic nitrogens is 7. The lowest BCUT2D eigenvalue weighted by molar-refractivity contribution is 0.653. The summed E-state index contributed by atoms with van der Waals surface area (Å²) in [6, 6.07) is 147. The topological polar surface area (TPSA) is 122 Å². The first kappa shape index (κ1) is 80.9. The second kappa shape index (κ2) is 32.7. The van der Waals surface area contributed by atoms with Crippen LogP contribution in [0.25, 0.3) is 295 Å². The second-order valence-corrected chi connectivity index (χ2v) is 41.0. The summed E-state index contributed by atoms with van der Waals surface area (Å²) in [5, 5.41) is 18.4. The highest BCUT2D eigenvalue weighted by atomic mass is 32.1. The Balaban J connectivity index is 0.000000102. The Labute approximate surface area is 824 Å². The number of rotatable bonds is 10. The summed E-state index contributed by atoms with van der Waals surface area (Å²) in [5.74, 6) is 0. The smallest absolute Gasteiger partial charge is 0.246 e. The molecule has 0 atom stereocenters. The molecule has 0 saturated carbocycles. The van der Waals surface area contributed by atoms with Crippen LogP contribution in [-0.4, -0.2) is 34.5 Å². The highest BCUT2D eigenvalue weighted by Gasteiger charge is 2.25. The minimum Gasteiger partial charge on any atom is -0.436 e. The molecule has 141 heavy (non-hydrogen) atoms. The molecular weight excluding hydrogens is 1820 g/mol. The van der Waals surface area contributed by atoms with Gasteiger partial charge in [-0.25, -0.2) is 29.9 Å². The first-order valence-corrected chi connectivity index (χ1v) is 50.9. The van der Waals surface area contributed by atoms with Crippen molar-refractivity contribution in [3.63, 3.8) is 0 Å². The van der Waals surface area contributed by atoms with E-state index in [0.29, 0.717) is 17.1 Å². The molecule has 658 valence electrons. The van der Waals surface area contributed by atoms with Crippen LogP contribution in [0.1, 0.15) is 0 Å². The molecule has 19 aromatic carbocycles. The predicted molar refractivity (Wildman–Crippen MR) is 596 cm³/mol. The van der Waals surface area contributed by atoms with Gasteiger partial charge >= 0.3 is 0 Å². The van der Waals surface area contributed by atoms with Crippen molar-refractivity contribution >= 4 is 246 Å². The molecule has 0 spiro atoms. The monoisotopic (exact) mass is 1890 g/mol. The van der Waals surface area contributed by atoms with Crippen molar-refractivity contribution in [3.05, 3.63) is 431 Å². The molecule has 0 N–H and O–H groups in total. The molecule has 0 fully saturated rings. The van der Waals surface area contributed by atoms with Gasteiger partial charge < -0.3 is 17.8 Å². The number of benzene rings is 19. The lowest BCUT2D eigenvalue weighted by Crippen LogP contribution is -1.94. The largest absolute Gasteiger partial charge is 0.436 e. The molecule has 0 aliphatic carbocycles. The fourth-order valence-corrected chi connectivity index (χ4v) is 27.2. The zero-order valence-electron chi connectivity index (χ0n) is 74.9. The molecule has 31 rings (SSSR count). The summed E-state index contributed by atoms with van der Waals surface area (Å²) in [6.45, 7) is 0. The van der Waals surface area contributed by atoms with Crippen LogP contribution in [-0.2, 0) is 0 Å². The molecule has 0 radical (unpaired) electrons. The van der Waals surface area contributed by atoms with Gasteiger partial charge in [0.2, 0.25) is 17.1 Å². The molecule has 0 amide bonds. The van der Waals surface area contributed by atoms with Gasteiger partial charge in [-0.15, -0.1) is 56.7 Å². The van der Waals surface area contributed by atoms with E-state index in [0.717, 1.165) is 128 Å². The maximum atomic E-state index is 6.56. The van der Waals surface area contributed by atoms with Crippen LogP contribution in [0.2, 0.25) is 0 Å². The Kier molecular flexibility index (Phi) is 18.8. The lowest BCUT2D eigenvalue weighted by atomic mass is 10.00. The summed E-state index contributed by atoms with van der Waals surface area (Å²) in [7, 11) is 0. The zero-order chi connectivity index (χ0) is 92.4. The van der Waals surface area contributed by atoms with Gasteiger partial charge in [-0.3, -0.25) is 0 Å². The highest BCUT2D eigenvalue weighted by Crippen LogP contribution is 2.50. The summed E-state index contributed by atoms with van der Waals surface area (Å²) < 4.78 is 34.7. The predicted octanol–water partition coefficient (Wildman–Crippen LogP) is 37.1. The van der Waals surface area contributed by atoms with E-state index in [2.05, 4.69) is 417 Å². The van der Waals surface area contributed by atoms with E-state index >= 15 is 0 Å². The summed E-state index contributed by atoms with van der Waals surface area (Å²) >= 11 is 9.21. The number of nitrogens with zero attached hydrogens (tertiary/aromatic N) is 7. The highest BCUT2D eigenvalue weighted by molar-refractivity contribution is 7.28. The molecule has 12 heterocycles. The van der Waals surface area contributed by atoms with Crippen molar-refractivity contribution in [2.24, 2.45) is 0 Å². The Hall–Kier alpha value is -17.3. The van der Waals surface area contributed by atoms with E-state index in [9.17, 15) is 0 Å². The van der Waals surface area contributed by atoms with Crippen LogP contribution in [0, 0.1) is 0 Å². The lowest BCUT2D eigenvalue weighted by Gasteiger charge is -2.10. The zero-order valence-corrected chi connectivity index (χ0v) is 79.0. The van der Waals surface area contributed by atoms with Crippen molar-refractivity contribution in [3.8, 4) is 106 Å². The van der Waals surface area contributed by atoms with Crippen LogP contribution in [0.4, 0.5) is 0 Å². The molecule has 12 aromatic heterocycles. The van der Waals surface area contributed by atoms with Crippen molar-refractivity contribution in [2.45, 2.75) is 0 Å². The van der Waals surface area contributed by atoms with E-state index in [-0.39, 0.29) is 0 Å². The first-order chi connectivity index (χ1) is 69.8. The molecule has 0 aliphatic rings. The molecule has 0 unspecified atom stereocenters. The van der Waals surface area contributed by atoms with Crippen LogP contribution in [0.15, 0.2) is 444 Å². The fraction of sp³-hybridized carbons (Fsp3) is 0. The van der Waals surface area contributed by atoms with Crippen LogP contribution in [0.3, 0.4) is 0 Å². The molecule has 15 heteroatoms. The molecule has 10 nitrogen and oxygen atoms in total. The van der Waals surface area contributed by atoms with Gasteiger partial charge in [0.1, 0.15) is 33.3 Å². The Morgan fingerprint density at radius 1 is 0.191 bits per heavy atom. The number of hydrogen-bond acceptors (Lipinski definition) is 14. The average Bonchev–Trinajstić information content (AvgIpc) is 1.61. The number of furan rings is 3. The third kappa shape index (κ3) is 13.4. The van der Waals surface area contributed by atoms with Gasteiger partial charge in [-0.1, -0.05) is 309 Å². The van der Waals surface area contributed by atoms with E-state index in [4.69, 9.17) is 43.2 Å². The molecular formula is C126H71N7O3S5. The van der Waals surface area contributed by atoms with Crippen molar-refractivity contribution < 1.29 is 13.3 Å². The summed E-state index contributed by atoms with van der Waals surface area (Å²) in [5.41, 5.74) is 29.2. The van der Waals surface area contributed by atoms with Gasteiger partial charge in [0.25, 0.3) is 0 Å². The van der Waals surface area contributed by atoms with E-state index < -0.39 is 0 Å². The summed E-state index contributed by atoms with van der Waals surface area (Å²) in [6.07, 6.45) is 5.59. The van der Waals surface area contributed by atoms with Crippen molar-refractivity contribution in [1.82, 2.24) is 34.5 Å². The van der Waals surface area contributed by atoms with E-state index in [1.165, 1.54) is 150 Å². The number of thiophene rings is 5. The maximum absolute atomic E-state index is 6.56. The first-order valence-electron chi connectivity index (χ1n) is 46.9. The fourth-order valence-electron chi connectivity index (χ4n) is 21.0. The van der Waals surface area contributed by atoms with Crippen LogP contribution < -0.4 is 0 Å². The number of hydrogen-bond donors (Lipinski definition) is 0. The van der Waals surface area contributed by atoms with Crippen LogP contribution in [0.5, 0.6) is 0 Å². The quantitative estimate of drug-likeness (QED) is 0.132. The minimum atomic E-state index is 0.538. The molecule has 0 bridgehead atoms. The van der Waals surface area contributed by atoms with Crippen molar-refractivity contribution in [1.29, 1.82) is 0 Å². The Bertz CT molecular complexity index is 10600. The Morgan fingerprint density at radius 2 is 0.475 bits per heavy atom. The molecule has 31 aromatic rings. The second-order valence-electron chi connectivity index (χ2n) is 35.7. The maximum Gasteiger partial charge on any atom is 0.246 e. The van der Waals surface area contributed by atoms with Gasteiger partial charge in [0.15, 0.2) is 0 Å².